The first-order valence-corrected chi connectivity index (χ1v) is 5.85. The van der Waals surface area contributed by atoms with Crippen molar-refractivity contribution in [3.8, 4) is 0 Å². The Labute approximate surface area is 84.6 Å². The van der Waals surface area contributed by atoms with Gasteiger partial charge in [-0.3, -0.25) is 4.79 Å². The van der Waals surface area contributed by atoms with Crippen LogP contribution in [0.4, 0.5) is 0 Å². The fourth-order valence-electron chi connectivity index (χ4n) is 2.93. The first-order chi connectivity index (χ1) is 6.84. The molecule has 3 nitrogen and oxygen atoms in total. The lowest BCUT2D eigenvalue weighted by atomic mass is 9.73. The molecule has 1 amide bonds. The van der Waals surface area contributed by atoms with Crippen molar-refractivity contribution in [1.29, 1.82) is 0 Å². The zero-order chi connectivity index (χ0) is 9.54. The Morgan fingerprint density at radius 1 is 1.43 bits per heavy atom. The number of rotatable bonds is 3. The number of hydrogen-bond acceptors (Lipinski definition) is 2. The minimum absolute atomic E-state index is 0.301. The quantitative estimate of drug-likeness (QED) is 0.687. The van der Waals surface area contributed by atoms with Gasteiger partial charge in [-0.15, -0.1) is 0 Å². The summed E-state index contributed by atoms with van der Waals surface area (Å²) in [5.74, 6) is 2.03. The second kappa shape index (κ2) is 3.23. The van der Waals surface area contributed by atoms with Crippen LogP contribution in [0.1, 0.15) is 25.7 Å². The smallest absolute Gasteiger partial charge is 0.225 e. The lowest BCUT2D eigenvalue weighted by Crippen LogP contribution is -2.48. The van der Waals surface area contributed by atoms with E-state index in [1.807, 2.05) is 0 Å². The fourth-order valence-corrected chi connectivity index (χ4v) is 2.93. The zero-order valence-electron chi connectivity index (χ0n) is 8.46. The van der Waals surface area contributed by atoms with E-state index in [2.05, 4.69) is 10.6 Å². The van der Waals surface area contributed by atoms with Crippen LogP contribution in [0.15, 0.2) is 0 Å². The summed E-state index contributed by atoms with van der Waals surface area (Å²) in [4.78, 5) is 11.8. The highest BCUT2D eigenvalue weighted by Crippen LogP contribution is 2.40. The van der Waals surface area contributed by atoms with Gasteiger partial charge in [0.1, 0.15) is 0 Å². The van der Waals surface area contributed by atoms with Crippen LogP contribution in [0.25, 0.3) is 0 Å². The van der Waals surface area contributed by atoms with Gasteiger partial charge in [0.05, 0.1) is 5.92 Å². The van der Waals surface area contributed by atoms with E-state index >= 15 is 0 Å². The molecule has 0 aromatic rings. The van der Waals surface area contributed by atoms with E-state index in [-0.39, 0.29) is 0 Å². The van der Waals surface area contributed by atoms with E-state index in [4.69, 9.17) is 0 Å². The maximum atomic E-state index is 11.8. The van der Waals surface area contributed by atoms with Crippen molar-refractivity contribution < 1.29 is 4.79 Å². The molecule has 2 bridgehead atoms. The molecular formula is C11H18N2O. The maximum Gasteiger partial charge on any atom is 0.225 e. The molecular weight excluding hydrogens is 176 g/mol. The number of nitrogens with one attached hydrogen (secondary N) is 2. The minimum atomic E-state index is 0.301. The van der Waals surface area contributed by atoms with Gasteiger partial charge in [0.25, 0.3) is 0 Å². The van der Waals surface area contributed by atoms with E-state index in [0.717, 1.165) is 19.0 Å². The molecule has 2 heterocycles. The Kier molecular flexibility index (Phi) is 2.01. The molecule has 0 radical (unpaired) electrons. The molecule has 78 valence electrons. The largest absolute Gasteiger partial charge is 0.356 e. The highest BCUT2D eigenvalue weighted by Gasteiger charge is 2.50. The first-order valence-electron chi connectivity index (χ1n) is 5.85. The summed E-state index contributed by atoms with van der Waals surface area (Å²) in [6.45, 7) is 1.99. The fraction of sp³-hybridized carbons (Fsp3) is 0.909. The van der Waals surface area contributed by atoms with Crippen LogP contribution in [-0.4, -0.2) is 25.0 Å². The predicted molar refractivity (Wildman–Crippen MR) is 53.7 cm³/mol. The van der Waals surface area contributed by atoms with E-state index in [9.17, 15) is 4.79 Å². The van der Waals surface area contributed by atoms with Gasteiger partial charge in [-0.25, -0.2) is 0 Å². The average molecular weight is 194 g/mol. The van der Waals surface area contributed by atoms with Crippen LogP contribution < -0.4 is 10.6 Å². The van der Waals surface area contributed by atoms with Crippen molar-refractivity contribution in [3.05, 3.63) is 0 Å². The Balaban J connectivity index is 1.46. The summed E-state index contributed by atoms with van der Waals surface area (Å²) in [6, 6.07) is 0.501. The van der Waals surface area contributed by atoms with Gasteiger partial charge in [-0.05, 0) is 37.6 Å². The van der Waals surface area contributed by atoms with Gasteiger partial charge in [-0.2, -0.15) is 0 Å². The summed E-state index contributed by atoms with van der Waals surface area (Å²) < 4.78 is 0. The molecule has 3 atom stereocenters. The summed E-state index contributed by atoms with van der Waals surface area (Å²) in [5.41, 5.74) is 0. The van der Waals surface area contributed by atoms with E-state index in [1.165, 1.54) is 25.7 Å². The van der Waals surface area contributed by atoms with E-state index in [1.54, 1.807) is 0 Å². The second-order valence-corrected chi connectivity index (χ2v) is 5.08. The summed E-state index contributed by atoms with van der Waals surface area (Å²) >= 11 is 0. The average Bonchev–Trinajstić information content (AvgIpc) is 2.60. The summed E-state index contributed by atoms with van der Waals surface area (Å²) in [5, 5.41) is 6.49. The van der Waals surface area contributed by atoms with Crippen LogP contribution in [0.2, 0.25) is 0 Å². The number of amides is 1. The van der Waals surface area contributed by atoms with Crippen LogP contribution in [0, 0.1) is 17.8 Å². The topological polar surface area (TPSA) is 41.1 Å². The summed E-state index contributed by atoms with van der Waals surface area (Å²) in [7, 11) is 0. The minimum Gasteiger partial charge on any atom is -0.356 e. The second-order valence-electron chi connectivity index (χ2n) is 5.08. The van der Waals surface area contributed by atoms with E-state index < -0.39 is 0 Å². The van der Waals surface area contributed by atoms with E-state index in [0.29, 0.717) is 23.8 Å². The molecule has 14 heavy (non-hydrogen) atoms. The molecule has 3 heteroatoms. The monoisotopic (exact) mass is 194 g/mol. The molecule has 0 spiro atoms. The van der Waals surface area contributed by atoms with Crippen LogP contribution in [0.5, 0.6) is 0 Å². The molecule has 2 aliphatic carbocycles. The Hall–Kier alpha value is -0.570. The van der Waals surface area contributed by atoms with Gasteiger partial charge in [0.15, 0.2) is 0 Å². The van der Waals surface area contributed by atoms with Gasteiger partial charge >= 0.3 is 0 Å². The molecule has 2 aliphatic heterocycles. The number of hydrogen-bond donors (Lipinski definition) is 2. The van der Waals surface area contributed by atoms with Crippen molar-refractivity contribution in [3.63, 3.8) is 0 Å². The van der Waals surface area contributed by atoms with Gasteiger partial charge in [-0.1, -0.05) is 6.42 Å². The zero-order valence-corrected chi connectivity index (χ0v) is 8.46. The normalized spacial score (nSPS) is 40.1. The van der Waals surface area contributed by atoms with Crippen molar-refractivity contribution >= 4 is 5.91 Å². The Bertz CT molecular complexity index is 236. The molecule has 4 aliphatic rings. The Morgan fingerprint density at radius 2 is 2.29 bits per heavy atom. The molecule has 0 aromatic carbocycles. The van der Waals surface area contributed by atoms with Crippen molar-refractivity contribution in [1.82, 2.24) is 10.6 Å². The standard InChI is InChI=1S/C11H18N2O/c14-11(13-5-7-2-1-3-7)10-8-4-9(10)12-6-8/h7-10,12H,1-6H2,(H,13,14). The van der Waals surface area contributed by atoms with Gasteiger partial charge in [0.2, 0.25) is 5.91 Å². The molecule has 4 fully saturated rings. The highest BCUT2D eigenvalue weighted by atomic mass is 16.2. The predicted octanol–water partition coefficient (Wildman–Crippen LogP) is 0.511. The highest BCUT2D eigenvalue weighted by molar-refractivity contribution is 5.81. The molecule has 2 saturated carbocycles. The van der Waals surface area contributed by atoms with Crippen LogP contribution in [-0.2, 0) is 4.79 Å². The summed E-state index contributed by atoms with van der Waals surface area (Å²) in [6.07, 6.45) is 5.21. The molecule has 2 N–H and O–H groups in total. The maximum absolute atomic E-state index is 11.8. The van der Waals surface area contributed by atoms with Crippen LogP contribution in [0.3, 0.4) is 0 Å². The number of carbonyl (C=O) groups is 1. The third-order valence-electron chi connectivity index (χ3n) is 4.23. The molecule has 0 aromatic heterocycles. The number of fused-ring (bicyclic) bond motifs is 1. The number of carbonyl (C=O) groups excluding carboxylic acids is 1. The third kappa shape index (κ3) is 1.26. The van der Waals surface area contributed by atoms with Gasteiger partial charge < -0.3 is 10.6 Å². The van der Waals surface area contributed by atoms with Gasteiger partial charge in [0, 0.05) is 12.6 Å². The lowest BCUT2D eigenvalue weighted by Gasteiger charge is -2.34. The van der Waals surface area contributed by atoms with Crippen molar-refractivity contribution in [2.75, 3.05) is 13.1 Å². The van der Waals surface area contributed by atoms with Crippen LogP contribution >= 0.6 is 0 Å². The molecule has 4 rings (SSSR count). The van der Waals surface area contributed by atoms with Crippen molar-refractivity contribution in [2.45, 2.75) is 31.7 Å². The van der Waals surface area contributed by atoms with Crippen molar-refractivity contribution in [2.24, 2.45) is 17.8 Å². The third-order valence-corrected chi connectivity index (χ3v) is 4.23. The molecule has 2 saturated heterocycles. The lowest BCUT2D eigenvalue weighted by molar-refractivity contribution is -0.129. The molecule has 3 unspecified atom stereocenters. The Morgan fingerprint density at radius 3 is 2.79 bits per heavy atom. The SMILES string of the molecule is O=C(NCC1CCC1)C1C2CNC1C2. The first kappa shape index (κ1) is 8.72.